The number of hydrogen-bond acceptors (Lipinski definition) is 4. The molecule has 1 aromatic carbocycles. The minimum Gasteiger partial charge on any atom is -0.550 e. The summed E-state index contributed by atoms with van der Waals surface area (Å²) >= 11 is 0. The lowest BCUT2D eigenvalue weighted by Crippen LogP contribution is -2.43. The van der Waals surface area contributed by atoms with Gasteiger partial charge < -0.3 is 9.90 Å². The average molecular weight is 275 g/mol. The van der Waals surface area contributed by atoms with Crippen molar-refractivity contribution in [2.24, 2.45) is 5.92 Å². The highest BCUT2D eigenvalue weighted by molar-refractivity contribution is 5.86. The Balaban J connectivity index is 1.72. The highest BCUT2D eigenvalue weighted by Crippen LogP contribution is 2.47. The highest BCUT2D eigenvalue weighted by atomic mass is 16.4. The molecule has 6 heteroatoms. The lowest BCUT2D eigenvalue weighted by atomic mass is 10.1. The standard InChI is InChI=1S/C14H16N2O4/c17-12(6-7-13(18)19)15-16-14(20)11-8-10(11)9-4-2-1-3-5-9/h1-5,10-11H,6-8H2,(H,15,17)(H,16,20)(H,18,19)/p-1. The van der Waals surface area contributed by atoms with Crippen molar-refractivity contribution in [1.29, 1.82) is 0 Å². The van der Waals surface area contributed by atoms with Gasteiger partial charge >= 0.3 is 0 Å². The topological polar surface area (TPSA) is 98.3 Å². The summed E-state index contributed by atoms with van der Waals surface area (Å²) in [5.74, 6) is -2.03. The van der Waals surface area contributed by atoms with Gasteiger partial charge in [-0.2, -0.15) is 0 Å². The number of rotatable bonds is 5. The van der Waals surface area contributed by atoms with Gasteiger partial charge in [-0.25, -0.2) is 0 Å². The molecule has 6 nitrogen and oxygen atoms in total. The van der Waals surface area contributed by atoms with Crippen molar-refractivity contribution in [2.45, 2.75) is 25.2 Å². The molecule has 1 aliphatic carbocycles. The maximum atomic E-state index is 11.8. The van der Waals surface area contributed by atoms with Crippen molar-refractivity contribution in [3.05, 3.63) is 35.9 Å². The van der Waals surface area contributed by atoms with Crippen LogP contribution in [0.2, 0.25) is 0 Å². The molecule has 106 valence electrons. The third-order valence-corrected chi connectivity index (χ3v) is 3.24. The van der Waals surface area contributed by atoms with E-state index in [4.69, 9.17) is 0 Å². The largest absolute Gasteiger partial charge is 0.550 e. The molecule has 1 saturated carbocycles. The third kappa shape index (κ3) is 3.81. The van der Waals surface area contributed by atoms with Gasteiger partial charge in [0.25, 0.3) is 0 Å². The van der Waals surface area contributed by atoms with E-state index in [1.165, 1.54) is 0 Å². The van der Waals surface area contributed by atoms with Gasteiger partial charge in [-0.15, -0.1) is 0 Å². The van der Waals surface area contributed by atoms with Crippen LogP contribution in [-0.2, 0) is 14.4 Å². The second-order valence-corrected chi connectivity index (χ2v) is 4.77. The first-order chi connectivity index (χ1) is 9.58. The van der Waals surface area contributed by atoms with Crippen LogP contribution in [0.4, 0.5) is 0 Å². The van der Waals surface area contributed by atoms with E-state index in [0.717, 1.165) is 12.0 Å². The fraction of sp³-hybridized carbons (Fsp3) is 0.357. The monoisotopic (exact) mass is 275 g/mol. The van der Waals surface area contributed by atoms with Crippen molar-refractivity contribution >= 4 is 17.8 Å². The van der Waals surface area contributed by atoms with Gasteiger partial charge in [0.05, 0.1) is 0 Å². The number of hydrazine groups is 1. The van der Waals surface area contributed by atoms with Crippen molar-refractivity contribution in [3.8, 4) is 0 Å². The predicted octanol–water partition coefficient (Wildman–Crippen LogP) is -0.532. The van der Waals surface area contributed by atoms with Crippen molar-refractivity contribution < 1.29 is 19.5 Å². The predicted molar refractivity (Wildman–Crippen MR) is 67.8 cm³/mol. The lowest BCUT2D eigenvalue weighted by molar-refractivity contribution is -0.305. The molecular formula is C14H15N2O4-. The Kier molecular flexibility index (Phi) is 4.34. The Morgan fingerprint density at radius 3 is 2.45 bits per heavy atom. The van der Waals surface area contributed by atoms with E-state index in [1.54, 1.807) is 0 Å². The van der Waals surface area contributed by atoms with Crippen molar-refractivity contribution in [2.75, 3.05) is 0 Å². The van der Waals surface area contributed by atoms with Crippen molar-refractivity contribution in [3.63, 3.8) is 0 Å². The number of amides is 2. The fourth-order valence-corrected chi connectivity index (χ4v) is 2.06. The molecule has 1 aromatic rings. The number of carboxylic acid groups (broad SMARTS) is 1. The van der Waals surface area contributed by atoms with Crippen LogP contribution in [0.3, 0.4) is 0 Å². The number of carbonyl (C=O) groups excluding carboxylic acids is 3. The second kappa shape index (κ2) is 6.18. The molecule has 2 unspecified atom stereocenters. The smallest absolute Gasteiger partial charge is 0.242 e. The quantitative estimate of drug-likeness (QED) is 0.706. The van der Waals surface area contributed by atoms with Gasteiger partial charge in [0.1, 0.15) is 0 Å². The molecule has 0 radical (unpaired) electrons. The Labute approximate surface area is 116 Å². The lowest BCUT2D eigenvalue weighted by Gasteiger charge is -2.07. The van der Waals surface area contributed by atoms with E-state index in [0.29, 0.717) is 0 Å². The molecule has 2 atom stereocenters. The summed E-state index contributed by atoms with van der Waals surface area (Å²) in [4.78, 5) is 33.2. The maximum absolute atomic E-state index is 11.8. The molecule has 2 rings (SSSR count). The van der Waals surface area contributed by atoms with Gasteiger partial charge in [0.15, 0.2) is 0 Å². The Hall–Kier alpha value is -2.37. The van der Waals surface area contributed by atoms with E-state index in [1.807, 2.05) is 30.3 Å². The SMILES string of the molecule is O=C([O-])CCC(=O)NNC(=O)C1CC1c1ccccc1. The summed E-state index contributed by atoms with van der Waals surface area (Å²) < 4.78 is 0. The van der Waals surface area contributed by atoms with Crippen LogP contribution in [0.25, 0.3) is 0 Å². The van der Waals surface area contributed by atoms with Crippen LogP contribution in [0.15, 0.2) is 30.3 Å². The van der Waals surface area contributed by atoms with Crippen LogP contribution in [0, 0.1) is 5.92 Å². The summed E-state index contributed by atoms with van der Waals surface area (Å²) in [5, 5.41) is 10.2. The molecule has 20 heavy (non-hydrogen) atoms. The van der Waals surface area contributed by atoms with Gasteiger partial charge in [0.2, 0.25) is 11.8 Å². The summed E-state index contributed by atoms with van der Waals surface area (Å²) in [5.41, 5.74) is 5.62. The summed E-state index contributed by atoms with van der Waals surface area (Å²) in [6, 6.07) is 9.69. The minimum atomic E-state index is -1.29. The fourth-order valence-electron chi connectivity index (χ4n) is 2.06. The maximum Gasteiger partial charge on any atom is 0.242 e. The third-order valence-electron chi connectivity index (χ3n) is 3.24. The second-order valence-electron chi connectivity index (χ2n) is 4.77. The first-order valence-corrected chi connectivity index (χ1v) is 6.41. The van der Waals surface area contributed by atoms with Crippen LogP contribution in [0.5, 0.6) is 0 Å². The summed E-state index contributed by atoms with van der Waals surface area (Å²) in [7, 11) is 0. The molecule has 1 fully saturated rings. The number of nitrogens with one attached hydrogen (secondary N) is 2. The zero-order valence-corrected chi connectivity index (χ0v) is 10.8. The van der Waals surface area contributed by atoms with Gasteiger partial charge in [-0.3, -0.25) is 20.4 Å². The van der Waals surface area contributed by atoms with Crippen molar-refractivity contribution in [1.82, 2.24) is 10.9 Å². The number of benzene rings is 1. The summed E-state index contributed by atoms with van der Waals surface area (Å²) in [6.45, 7) is 0. The molecule has 2 N–H and O–H groups in total. The molecule has 0 aromatic heterocycles. The molecule has 0 spiro atoms. The van der Waals surface area contributed by atoms with Crippen LogP contribution >= 0.6 is 0 Å². The first-order valence-electron chi connectivity index (χ1n) is 6.41. The number of carbonyl (C=O) groups is 3. The minimum absolute atomic E-state index is 0.140. The number of carboxylic acids is 1. The summed E-state index contributed by atoms with van der Waals surface area (Å²) in [6.07, 6.45) is 0.179. The molecule has 0 aliphatic heterocycles. The Morgan fingerprint density at radius 2 is 1.80 bits per heavy atom. The van der Waals surface area contributed by atoms with Gasteiger partial charge in [0, 0.05) is 18.3 Å². The zero-order valence-electron chi connectivity index (χ0n) is 10.8. The number of hydrogen-bond donors (Lipinski definition) is 2. The molecule has 0 saturated heterocycles. The molecular weight excluding hydrogens is 260 g/mol. The number of aliphatic carboxylic acids is 1. The van der Waals surface area contributed by atoms with E-state index in [-0.39, 0.29) is 30.6 Å². The zero-order chi connectivity index (χ0) is 14.5. The van der Waals surface area contributed by atoms with E-state index < -0.39 is 11.9 Å². The van der Waals surface area contributed by atoms with Gasteiger partial charge in [-0.05, 0) is 24.3 Å². The van der Waals surface area contributed by atoms with E-state index in [2.05, 4.69) is 10.9 Å². The highest BCUT2D eigenvalue weighted by Gasteiger charge is 2.43. The van der Waals surface area contributed by atoms with Gasteiger partial charge in [-0.1, -0.05) is 30.3 Å². The van der Waals surface area contributed by atoms with Crippen LogP contribution < -0.4 is 16.0 Å². The molecule has 0 bridgehead atoms. The van der Waals surface area contributed by atoms with E-state index >= 15 is 0 Å². The first kappa shape index (κ1) is 14.0. The normalized spacial score (nSPS) is 20.0. The van der Waals surface area contributed by atoms with E-state index in [9.17, 15) is 19.5 Å². The van der Waals surface area contributed by atoms with Crippen LogP contribution in [-0.4, -0.2) is 17.8 Å². The average Bonchev–Trinajstić information content (AvgIpc) is 3.24. The molecule has 2 amide bonds. The van der Waals surface area contributed by atoms with Crippen LogP contribution in [0.1, 0.15) is 30.7 Å². The Morgan fingerprint density at radius 1 is 1.10 bits per heavy atom. The molecule has 0 heterocycles. The molecule has 1 aliphatic rings. The Bertz CT molecular complexity index is 515.